The number of ketones is 1. The van der Waals surface area contributed by atoms with Crippen LogP contribution in [0.15, 0.2) is 28.7 Å². The van der Waals surface area contributed by atoms with Gasteiger partial charge in [-0.25, -0.2) is 0 Å². The largest absolute Gasteiger partial charge is 0.378 e. The molecule has 0 saturated carbocycles. The number of hydrogen-bond acceptors (Lipinski definition) is 3. The van der Waals surface area contributed by atoms with Gasteiger partial charge in [0, 0.05) is 17.5 Å². The predicted octanol–water partition coefficient (Wildman–Crippen LogP) is 3.97. The Bertz CT molecular complexity index is 503. The van der Waals surface area contributed by atoms with Crippen LogP contribution in [0.25, 0.3) is 0 Å². The van der Waals surface area contributed by atoms with Crippen molar-refractivity contribution in [3.8, 4) is 6.07 Å². The number of ether oxygens (including phenoxy) is 1. The molecule has 1 aliphatic heterocycles. The maximum Gasteiger partial charge on any atom is 0.154 e. The summed E-state index contributed by atoms with van der Waals surface area (Å²) in [6.45, 7) is 0.798. The summed E-state index contributed by atoms with van der Waals surface area (Å²) < 4.78 is 6.51. The molecular formula is C16H18BrNO2. The van der Waals surface area contributed by atoms with E-state index in [2.05, 4.69) is 22.0 Å². The molecule has 0 amide bonds. The number of Topliss-reactive ketones (excluding diaryl/α,β-unsaturated/α-hetero) is 1. The highest BCUT2D eigenvalue weighted by Crippen LogP contribution is 2.24. The molecule has 0 bridgehead atoms. The zero-order valence-corrected chi connectivity index (χ0v) is 12.9. The fourth-order valence-corrected chi connectivity index (χ4v) is 2.92. The molecule has 1 aliphatic rings. The molecule has 0 aliphatic carbocycles. The lowest BCUT2D eigenvalue weighted by molar-refractivity contribution is -0.120. The third-order valence-corrected chi connectivity index (χ3v) is 4.11. The molecule has 1 aromatic rings. The van der Waals surface area contributed by atoms with E-state index in [4.69, 9.17) is 4.74 Å². The Kier molecular flexibility index (Phi) is 5.75. The maximum atomic E-state index is 12.2. The molecule has 1 aromatic carbocycles. The molecule has 106 valence electrons. The second-order valence-corrected chi connectivity index (χ2v) is 6.03. The Morgan fingerprint density at radius 3 is 3.00 bits per heavy atom. The van der Waals surface area contributed by atoms with Crippen LogP contribution >= 0.6 is 15.9 Å². The summed E-state index contributed by atoms with van der Waals surface area (Å²) in [6.07, 6.45) is 4.65. The summed E-state index contributed by atoms with van der Waals surface area (Å²) in [6, 6.07) is 9.52. The summed E-state index contributed by atoms with van der Waals surface area (Å²) in [4.78, 5) is 12.2. The second kappa shape index (κ2) is 7.56. The van der Waals surface area contributed by atoms with E-state index in [1.807, 2.05) is 24.3 Å². The van der Waals surface area contributed by atoms with Crippen LogP contribution in [-0.2, 0) is 9.53 Å². The van der Waals surface area contributed by atoms with Gasteiger partial charge in [0.1, 0.15) is 5.92 Å². The van der Waals surface area contributed by atoms with Crippen LogP contribution < -0.4 is 0 Å². The third kappa shape index (κ3) is 4.16. The molecule has 1 saturated heterocycles. The molecule has 2 atom stereocenters. The highest BCUT2D eigenvalue weighted by Gasteiger charge is 2.22. The molecular weight excluding hydrogens is 318 g/mol. The van der Waals surface area contributed by atoms with E-state index in [1.165, 1.54) is 6.42 Å². The van der Waals surface area contributed by atoms with Crippen LogP contribution in [0.2, 0.25) is 0 Å². The Labute approximate surface area is 128 Å². The van der Waals surface area contributed by atoms with Crippen molar-refractivity contribution >= 4 is 21.7 Å². The zero-order valence-electron chi connectivity index (χ0n) is 11.3. The lowest BCUT2D eigenvalue weighted by Gasteiger charge is -2.22. The first kappa shape index (κ1) is 15.2. The average Bonchev–Trinajstić information content (AvgIpc) is 2.47. The van der Waals surface area contributed by atoms with Gasteiger partial charge in [-0.05, 0) is 43.4 Å². The van der Waals surface area contributed by atoms with Crippen LogP contribution in [0.4, 0.5) is 0 Å². The normalized spacial score (nSPS) is 20.1. The smallest absolute Gasteiger partial charge is 0.154 e. The van der Waals surface area contributed by atoms with Crippen LogP contribution in [0.5, 0.6) is 0 Å². The van der Waals surface area contributed by atoms with E-state index in [-0.39, 0.29) is 11.9 Å². The summed E-state index contributed by atoms with van der Waals surface area (Å²) >= 11 is 3.37. The predicted molar refractivity (Wildman–Crippen MR) is 80.3 cm³/mol. The molecule has 3 nitrogen and oxygen atoms in total. The monoisotopic (exact) mass is 335 g/mol. The van der Waals surface area contributed by atoms with Crippen molar-refractivity contribution in [2.24, 2.45) is 0 Å². The third-order valence-electron chi connectivity index (χ3n) is 3.62. The van der Waals surface area contributed by atoms with Crippen molar-refractivity contribution in [3.05, 3.63) is 34.3 Å². The van der Waals surface area contributed by atoms with Crippen molar-refractivity contribution < 1.29 is 9.53 Å². The van der Waals surface area contributed by atoms with Gasteiger partial charge < -0.3 is 4.74 Å². The van der Waals surface area contributed by atoms with Gasteiger partial charge in [-0.1, -0.05) is 28.1 Å². The van der Waals surface area contributed by atoms with Crippen molar-refractivity contribution in [1.29, 1.82) is 5.26 Å². The number of nitriles is 1. The van der Waals surface area contributed by atoms with Crippen molar-refractivity contribution in [2.75, 3.05) is 6.61 Å². The number of nitrogens with zero attached hydrogens (tertiary/aromatic N) is 1. The van der Waals surface area contributed by atoms with Gasteiger partial charge in [-0.2, -0.15) is 5.26 Å². The quantitative estimate of drug-likeness (QED) is 0.817. The minimum atomic E-state index is -0.670. The number of halogens is 1. The Balaban J connectivity index is 1.94. The van der Waals surface area contributed by atoms with Crippen molar-refractivity contribution in [2.45, 2.75) is 44.1 Å². The molecule has 1 heterocycles. The number of rotatable bonds is 5. The summed E-state index contributed by atoms with van der Waals surface area (Å²) in [7, 11) is 0. The van der Waals surface area contributed by atoms with Crippen LogP contribution in [0.1, 0.15) is 43.6 Å². The number of carbonyl (C=O) groups excluding carboxylic acids is 1. The first-order valence-electron chi connectivity index (χ1n) is 7.00. The van der Waals surface area contributed by atoms with Gasteiger partial charge in [0.15, 0.2) is 5.78 Å². The molecule has 2 rings (SSSR count). The van der Waals surface area contributed by atoms with Gasteiger partial charge in [0.2, 0.25) is 0 Å². The van der Waals surface area contributed by atoms with E-state index in [9.17, 15) is 10.1 Å². The highest BCUT2D eigenvalue weighted by atomic mass is 79.9. The first-order valence-corrected chi connectivity index (χ1v) is 7.79. The number of carbonyl (C=O) groups is 1. The molecule has 2 unspecified atom stereocenters. The van der Waals surface area contributed by atoms with Crippen LogP contribution in [0.3, 0.4) is 0 Å². The Morgan fingerprint density at radius 1 is 1.50 bits per heavy atom. The lowest BCUT2D eigenvalue weighted by Crippen LogP contribution is -2.21. The average molecular weight is 336 g/mol. The van der Waals surface area contributed by atoms with E-state index >= 15 is 0 Å². The summed E-state index contributed by atoms with van der Waals surface area (Å²) in [5.41, 5.74) is 0.761. The van der Waals surface area contributed by atoms with Gasteiger partial charge >= 0.3 is 0 Å². The highest BCUT2D eigenvalue weighted by molar-refractivity contribution is 9.10. The Hall–Kier alpha value is -1.18. The molecule has 4 heteroatoms. The van der Waals surface area contributed by atoms with Gasteiger partial charge in [0.05, 0.1) is 12.2 Å². The molecule has 0 N–H and O–H groups in total. The molecule has 1 fully saturated rings. The molecule has 20 heavy (non-hydrogen) atoms. The SMILES string of the molecule is N#CC(C(=O)CCC1CCCCO1)c1cccc(Br)c1. The summed E-state index contributed by atoms with van der Waals surface area (Å²) in [5, 5.41) is 9.26. The molecule has 0 spiro atoms. The maximum absolute atomic E-state index is 12.2. The lowest BCUT2D eigenvalue weighted by atomic mass is 9.92. The summed E-state index contributed by atoms with van der Waals surface area (Å²) in [5.74, 6) is -0.684. The fraction of sp³-hybridized carbons (Fsp3) is 0.500. The van der Waals surface area contributed by atoms with Crippen molar-refractivity contribution in [3.63, 3.8) is 0 Å². The molecule has 0 aromatic heterocycles. The van der Waals surface area contributed by atoms with Crippen molar-refractivity contribution in [1.82, 2.24) is 0 Å². The first-order chi connectivity index (χ1) is 9.70. The topological polar surface area (TPSA) is 50.1 Å². The van der Waals surface area contributed by atoms with E-state index in [0.29, 0.717) is 6.42 Å². The second-order valence-electron chi connectivity index (χ2n) is 5.11. The molecule has 0 radical (unpaired) electrons. The van der Waals surface area contributed by atoms with Gasteiger partial charge in [-0.3, -0.25) is 4.79 Å². The fourth-order valence-electron chi connectivity index (χ4n) is 2.50. The van der Waals surface area contributed by atoms with E-state index in [1.54, 1.807) is 0 Å². The minimum Gasteiger partial charge on any atom is -0.378 e. The number of hydrogen-bond donors (Lipinski definition) is 0. The standard InChI is InChI=1S/C16H18BrNO2/c17-13-5-3-4-12(10-13)15(11-18)16(19)8-7-14-6-1-2-9-20-14/h3-5,10,14-15H,1-2,6-9H2. The van der Waals surface area contributed by atoms with Gasteiger partial charge in [-0.15, -0.1) is 0 Å². The Morgan fingerprint density at radius 2 is 2.35 bits per heavy atom. The number of benzene rings is 1. The van der Waals surface area contributed by atoms with E-state index < -0.39 is 5.92 Å². The van der Waals surface area contributed by atoms with Crippen LogP contribution in [0, 0.1) is 11.3 Å². The van der Waals surface area contributed by atoms with E-state index in [0.717, 1.165) is 35.9 Å². The van der Waals surface area contributed by atoms with Gasteiger partial charge in [0.25, 0.3) is 0 Å². The minimum absolute atomic E-state index is 0.0141. The zero-order chi connectivity index (χ0) is 14.4. The van der Waals surface area contributed by atoms with Crippen LogP contribution in [-0.4, -0.2) is 18.5 Å².